The van der Waals surface area contributed by atoms with Crippen molar-refractivity contribution in [1.29, 1.82) is 0 Å². The van der Waals surface area contributed by atoms with Crippen molar-refractivity contribution in [3.05, 3.63) is 42.1 Å². The van der Waals surface area contributed by atoms with E-state index in [4.69, 9.17) is 0 Å². The molecule has 0 unspecified atom stereocenters. The average Bonchev–Trinajstić information content (AvgIpc) is 2.43. The maximum absolute atomic E-state index is 14.0. The molecule has 0 radical (unpaired) electrons. The minimum Gasteiger partial charge on any atom is -0.338 e. The molecule has 0 aliphatic carbocycles. The molecular weight excluding hydrogens is 259 g/mol. The second-order valence-electron chi connectivity index (χ2n) is 4.22. The second kappa shape index (κ2) is 6.10. The van der Waals surface area contributed by atoms with Crippen molar-refractivity contribution < 1.29 is 9.18 Å². The summed E-state index contributed by atoms with van der Waals surface area (Å²) in [6, 6.07) is 6.92. The van der Waals surface area contributed by atoms with Crippen molar-refractivity contribution in [1.82, 2.24) is 9.97 Å². The van der Waals surface area contributed by atoms with Gasteiger partial charge in [0.25, 0.3) is 0 Å². The minimum atomic E-state index is -0.444. The van der Waals surface area contributed by atoms with Gasteiger partial charge in [0.2, 0.25) is 5.91 Å². The molecule has 1 aromatic carbocycles. The molecule has 1 amide bonds. The molecule has 0 saturated heterocycles. The van der Waals surface area contributed by atoms with Crippen LogP contribution in [0.15, 0.2) is 30.6 Å². The highest BCUT2D eigenvalue weighted by Gasteiger charge is 2.09. The van der Waals surface area contributed by atoms with Crippen molar-refractivity contribution in [2.24, 2.45) is 0 Å². The second-order valence-corrected chi connectivity index (χ2v) is 4.22. The van der Waals surface area contributed by atoms with Crippen LogP contribution in [0.1, 0.15) is 19.5 Å². The lowest BCUT2D eigenvalue weighted by Gasteiger charge is -2.09. The van der Waals surface area contributed by atoms with Gasteiger partial charge in [0, 0.05) is 18.3 Å². The zero-order chi connectivity index (χ0) is 14.5. The van der Waals surface area contributed by atoms with Crippen molar-refractivity contribution in [2.75, 3.05) is 10.6 Å². The molecular formula is C14H15FN4O. The Morgan fingerprint density at radius 2 is 1.85 bits per heavy atom. The number of hydrogen-bond donors (Lipinski definition) is 2. The molecule has 2 aromatic rings. The Morgan fingerprint density at radius 1 is 1.20 bits per heavy atom. The van der Waals surface area contributed by atoms with Gasteiger partial charge in [-0.05, 0) is 30.7 Å². The molecule has 2 rings (SSSR count). The standard InChI is InChI=1S/C14H15FN4O/c1-3-12-13(15)14(17-8-16-12)19-11-6-4-10(5-7-11)18-9(2)20/h4-8H,3H2,1-2H3,(H,18,20)(H,16,17,19). The number of halogens is 1. The fraction of sp³-hybridized carbons (Fsp3) is 0.214. The van der Waals surface area contributed by atoms with E-state index in [1.54, 1.807) is 24.3 Å². The summed E-state index contributed by atoms with van der Waals surface area (Å²) in [5.74, 6) is -0.440. The van der Waals surface area contributed by atoms with E-state index in [-0.39, 0.29) is 11.7 Å². The topological polar surface area (TPSA) is 66.9 Å². The molecule has 0 fully saturated rings. The van der Waals surface area contributed by atoms with Crippen LogP contribution in [0.25, 0.3) is 0 Å². The molecule has 0 aliphatic heterocycles. The normalized spacial score (nSPS) is 10.2. The SMILES string of the molecule is CCc1ncnc(Nc2ccc(NC(C)=O)cc2)c1F. The molecule has 0 aliphatic rings. The first-order chi connectivity index (χ1) is 9.60. The Labute approximate surface area is 116 Å². The predicted octanol–water partition coefficient (Wildman–Crippen LogP) is 2.88. The third kappa shape index (κ3) is 3.28. The van der Waals surface area contributed by atoms with Crippen LogP contribution in [0.4, 0.5) is 21.6 Å². The molecule has 1 heterocycles. The van der Waals surface area contributed by atoms with E-state index in [2.05, 4.69) is 20.6 Å². The van der Waals surface area contributed by atoms with Gasteiger partial charge in [0.15, 0.2) is 11.6 Å². The predicted molar refractivity (Wildman–Crippen MR) is 75.4 cm³/mol. The van der Waals surface area contributed by atoms with Gasteiger partial charge in [0.05, 0.1) is 5.69 Å². The number of benzene rings is 1. The Balaban J connectivity index is 2.16. The van der Waals surface area contributed by atoms with E-state index < -0.39 is 5.82 Å². The number of nitrogens with one attached hydrogen (secondary N) is 2. The highest BCUT2D eigenvalue weighted by molar-refractivity contribution is 5.88. The molecule has 0 atom stereocenters. The summed E-state index contributed by atoms with van der Waals surface area (Å²) in [5.41, 5.74) is 1.73. The number of nitrogens with zero attached hydrogens (tertiary/aromatic N) is 2. The summed E-state index contributed by atoms with van der Waals surface area (Å²) >= 11 is 0. The van der Waals surface area contributed by atoms with Crippen LogP contribution in [0.3, 0.4) is 0 Å². The summed E-state index contributed by atoms with van der Waals surface area (Å²) < 4.78 is 14.0. The van der Waals surface area contributed by atoms with E-state index in [1.807, 2.05) is 6.92 Å². The monoisotopic (exact) mass is 274 g/mol. The molecule has 0 bridgehead atoms. The van der Waals surface area contributed by atoms with Gasteiger partial charge < -0.3 is 10.6 Å². The lowest BCUT2D eigenvalue weighted by molar-refractivity contribution is -0.114. The lowest BCUT2D eigenvalue weighted by atomic mass is 10.2. The van der Waals surface area contributed by atoms with Crippen LogP contribution in [-0.4, -0.2) is 15.9 Å². The van der Waals surface area contributed by atoms with Crippen molar-refractivity contribution in [2.45, 2.75) is 20.3 Å². The Morgan fingerprint density at radius 3 is 2.45 bits per heavy atom. The number of anilines is 3. The maximum Gasteiger partial charge on any atom is 0.221 e. The number of carbonyl (C=O) groups is 1. The number of amides is 1. The first kappa shape index (κ1) is 13.9. The third-order valence-electron chi connectivity index (χ3n) is 2.66. The first-order valence-corrected chi connectivity index (χ1v) is 6.24. The van der Waals surface area contributed by atoms with Crippen LogP contribution in [0.5, 0.6) is 0 Å². The van der Waals surface area contributed by atoms with Crippen LogP contribution < -0.4 is 10.6 Å². The molecule has 6 heteroatoms. The van der Waals surface area contributed by atoms with E-state index >= 15 is 0 Å². The average molecular weight is 274 g/mol. The fourth-order valence-electron chi connectivity index (χ4n) is 1.72. The molecule has 104 valence electrons. The van der Waals surface area contributed by atoms with Gasteiger partial charge in [-0.2, -0.15) is 0 Å². The number of carbonyl (C=O) groups excluding carboxylic acids is 1. The van der Waals surface area contributed by atoms with Crippen LogP contribution in [-0.2, 0) is 11.2 Å². The van der Waals surface area contributed by atoms with Crippen molar-refractivity contribution in [3.63, 3.8) is 0 Å². The third-order valence-corrected chi connectivity index (χ3v) is 2.66. The lowest BCUT2D eigenvalue weighted by Crippen LogP contribution is -2.06. The molecule has 2 N–H and O–H groups in total. The highest BCUT2D eigenvalue weighted by Crippen LogP contribution is 2.20. The summed E-state index contributed by atoms with van der Waals surface area (Å²) in [5, 5.41) is 5.55. The van der Waals surface area contributed by atoms with Gasteiger partial charge in [-0.15, -0.1) is 0 Å². The first-order valence-electron chi connectivity index (χ1n) is 6.24. The number of hydrogen-bond acceptors (Lipinski definition) is 4. The van der Waals surface area contributed by atoms with Crippen LogP contribution in [0.2, 0.25) is 0 Å². The Hall–Kier alpha value is -2.50. The van der Waals surface area contributed by atoms with E-state index in [0.717, 1.165) is 0 Å². The van der Waals surface area contributed by atoms with Crippen molar-refractivity contribution in [3.8, 4) is 0 Å². The smallest absolute Gasteiger partial charge is 0.221 e. The van der Waals surface area contributed by atoms with E-state index in [0.29, 0.717) is 23.5 Å². The number of aryl methyl sites for hydroxylation is 1. The molecule has 0 spiro atoms. The zero-order valence-electron chi connectivity index (χ0n) is 11.3. The molecule has 5 nitrogen and oxygen atoms in total. The number of rotatable bonds is 4. The quantitative estimate of drug-likeness (QED) is 0.899. The molecule has 0 saturated carbocycles. The Kier molecular flexibility index (Phi) is 4.24. The molecule has 1 aromatic heterocycles. The summed E-state index contributed by atoms with van der Waals surface area (Å²) in [4.78, 5) is 18.7. The largest absolute Gasteiger partial charge is 0.338 e. The van der Waals surface area contributed by atoms with Gasteiger partial charge in [-0.1, -0.05) is 6.92 Å². The van der Waals surface area contributed by atoms with Gasteiger partial charge in [-0.25, -0.2) is 14.4 Å². The Bertz CT molecular complexity index is 613. The van der Waals surface area contributed by atoms with E-state index in [9.17, 15) is 9.18 Å². The van der Waals surface area contributed by atoms with Gasteiger partial charge in [0.1, 0.15) is 6.33 Å². The minimum absolute atomic E-state index is 0.139. The maximum atomic E-state index is 14.0. The van der Waals surface area contributed by atoms with Gasteiger partial charge in [-0.3, -0.25) is 4.79 Å². The zero-order valence-corrected chi connectivity index (χ0v) is 11.3. The molecule has 20 heavy (non-hydrogen) atoms. The number of aromatic nitrogens is 2. The van der Waals surface area contributed by atoms with Crippen LogP contribution >= 0.6 is 0 Å². The fourth-order valence-corrected chi connectivity index (χ4v) is 1.72. The summed E-state index contributed by atoms with van der Waals surface area (Å²) in [7, 11) is 0. The van der Waals surface area contributed by atoms with Crippen LogP contribution in [0, 0.1) is 5.82 Å². The summed E-state index contributed by atoms with van der Waals surface area (Å²) in [6.07, 6.45) is 1.83. The highest BCUT2D eigenvalue weighted by atomic mass is 19.1. The van der Waals surface area contributed by atoms with Gasteiger partial charge >= 0.3 is 0 Å². The van der Waals surface area contributed by atoms with E-state index in [1.165, 1.54) is 13.3 Å². The summed E-state index contributed by atoms with van der Waals surface area (Å²) in [6.45, 7) is 3.27. The van der Waals surface area contributed by atoms with Crippen molar-refractivity contribution >= 4 is 23.1 Å².